The first-order chi connectivity index (χ1) is 7.36. The molecule has 0 spiro atoms. The Morgan fingerprint density at radius 3 is 2.81 bits per heavy atom. The molecule has 3 N–H and O–H groups in total. The third kappa shape index (κ3) is 1.90. The molecular weight excluding hydrogens is 226 g/mol. The van der Waals surface area contributed by atoms with Gasteiger partial charge in [-0.3, -0.25) is 0 Å². The molecule has 1 atom stereocenters. The van der Waals surface area contributed by atoms with E-state index in [0.29, 0.717) is 22.8 Å². The summed E-state index contributed by atoms with van der Waals surface area (Å²) in [5.74, 6) is 0.661. The van der Waals surface area contributed by atoms with Gasteiger partial charge in [-0.2, -0.15) is 0 Å². The molecule has 1 aromatic carbocycles. The van der Waals surface area contributed by atoms with Crippen molar-refractivity contribution in [3.8, 4) is 5.75 Å². The van der Waals surface area contributed by atoms with E-state index in [1.54, 1.807) is 18.2 Å². The number of aliphatic hydroxyl groups is 1. The van der Waals surface area contributed by atoms with Gasteiger partial charge in [0.25, 0.3) is 0 Å². The van der Waals surface area contributed by atoms with Crippen molar-refractivity contribution in [3.05, 3.63) is 28.8 Å². The molecule has 1 heterocycles. The minimum atomic E-state index is -1.05. The predicted molar refractivity (Wildman–Crippen MR) is 63.7 cm³/mol. The Balaban J connectivity index is 2.56. The van der Waals surface area contributed by atoms with Crippen LogP contribution in [0.15, 0.2) is 18.2 Å². The van der Waals surface area contributed by atoms with E-state index in [-0.39, 0.29) is 6.54 Å². The number of rotatable bonds is 1. The summed E-state index contributed by atoms with van der Waals surface area (Å²) >= 11 is 5.92. The van der Waals surface area contributed by atoms with Crippen LogP contribution in [-0.2, 0) is 5.60 Å². The molecular formula is C12H16ClNO2. The molecule has 1 aromatic rings. The maximum absolute atomic E-state index is 10.5. The van der Waals surface area contributed by atoms with Crippen LogP contribution in [0.25, 0.3) is 0 Å². The van der Waals surface area contributed by atoms with Crippen LogP contribution >= 0.6 is 11.6 Å². The Kier molecular flexibility index (Phi) is 2.65. The maximum atomic E-state index is 10.5. The van der Waals surface area contributed by atoms with Gasteiger partial charge in [0, 0.05) is 23.6 Å². The van der Waals surface area contributed by atoms with Crippen molar-refractivity contribution in [3.63, 3.8) is 0 Å². The van der Waals surface area contributed by atoms with Crippen LogP contribution in [0.2, 0.25) is 5.02 Å². The van der Waals surface area contributed by atoms with Gasteiger partial charge in [0.2, 0.25) is 0 Å². The zero-order valence-electron chi connectivity index (χ0n) is 9.46. The molecule has 1 aliphatic heterocycles. The fourth-order valence-electron chi connectivity index (χ4n) is 2.27. The third-order valence-electron chi connectivity index (χ3n) is 2.89. The molecule has 0 radical (unpaired) electrons. The quantitative estimate of drug-likeness (QED) is 0.791. The average Bonchev–Trinajstić information content (AvgIpc) is 2.18. The summed E-state index contributed by atoms with van der Waals surface area (Å²) in [6.45, 7) is 4.03. The van der Waals surface area contributed by atoms with E-state index >= 15 is 0 Å². The van der Waals surface area contributed by atoms with E-state index in [0.717, 1.165) is 0 Å². The van der Waals surface area contributed by atoms with Crippen LogP contribution in [0.5, 0.6) is 5.75 Å². The van der Waals surface area contributed by atoms with Crippen molar-refractivity contribution >= 4 is 11.6 Å². The zero-order valence-corrected chi connectivity index (χ0v) is 10.2. The second-order valence-electron chi connectivity index (χ2n) is 4.91. The predicted octanol–water partition coefficient (Wildman–Crippen LogP) is 2.05. The van der Waals surface area contributed by atoms with E-state index in [4.69, 9.17) is 22.1 Å². The molecule has 1 unspecified atom stereocenters. The van der Waals surface area contributed by atoms with Crippen molar-refractivity contribution < 1.29 is 9.84 Å². The molecule has 0 aromatic heterocycles. The molecule has 1 aliphatic rings. The van der Waals surface area contributed by atoms with Crippen LogP contribution in [-0.4, -0.2) is 17.3 Å². The number of nitrogens with two attached hydrogens (primary N) is 1. The van der Waals surface area contributed by atoms with Crippen LogP contribution in [0.3, 0.4) is 0 Å². The second-order valence-corrected chi connectivity index (χ2v) is 5.35. The highest BCUT2D eigenvalue weighted by Crippen LogP contribution is 2.43. The van der Waals surface area contributed by atoms with Gasteiger partial charge in [0.05, 0.1) is 0 Å². The van der Waals surface area contributed by atoms with Crippen molar-refractivity contribution in [1.82, 2.24) is 0 Å². The molecule has 0 bridgehead atoms. The third-order valence-corrected chi connectivity index (χ3v) is 3.12. The van der Waals surface area contributed by atoms with Crippen LogP contribution in [0.4, 0.5) is 0 Å². The Bertz CT molecular complexity index is 419. The fourth-order valence-corrected chi connectivity index (χ4v) is 2.44. The fraction of sp³-hybridized carbons (Fsp3) is 0.500. The minimum absolute atomic E-state index is 0.160. The summed E-state index contributed by atoms with van der Waals surface area (Å²) < 4.78 is 5.80. The van der Waals surface area contributed by atoms with Gasteiger partial charge in [-0.05, 0) is 32.0 Å². The zero-order chi connectivity index (χ0) is 12.0. The molecule has 2 rings (SSSR count). The lowest BCUT2D eigenvalue weighted by Crippen LogP contribution is -2.48. The minimum Gasteiger partial charge on any atom is -0.487 e. The van der Waals surface area contributed by atoms with Gasteiger partial charge in [-0.25, -0.2) is 0 Å². The highest BCUT2D eigenvalue weighted by atomic mass is 35.5. The first-order valence-corrected chi connectivity index (χ1v) is 5.66. The van der Waals surface area contributed by atoms with Crippen molar-refractivity contribution in [1.29, 1.82) is 0 Å². The smallest absolute Gasteiger partial charge is 0.126 e. The van der Waals surface area contributed by atoms with Gasteiger partial charge in [-0.15, -0.1) is 0 Å². The molecule has 0 saturated heterocycles. The lowest BCUT2D eigenvalue weighted by atomic mass is 9.80. The molecule has 0 amide bonds. The van der Waals surface area contributed by atoms with Crippen molar-refractivity contribution in [2.24, 2.45) is 5.73 Å². The van der Waals surface area contributed by atoms with Gasteiger partial charge in [0.15, 0.2) is 0 Å². The first kappa shape index (κ1) is 11.7. The van der Waals surface area contributed by atoms with Gasteiger partial charge in [-0.1, -0.05) is 11.6 Å². The Morgan fingerprint density at radius 2 is 2.19 bits per heavy atom. The molecule has 88 valence electrons. The van der Waals surface area contributed by atoms with E-state index in [1.165, 1.54) is 0 Å². The Morgan fingerprint density at radius 1 is 1.50 bits per heavy atom. The van der Waals surface area contributed by atoms with Gasteiger partial charge in [0.1, 0.15) is 17.0 Å². The molecule has 16 heavy (non-hydrogen) atoms. The first-order valence-electron chi connectivity index (χ1n) is 5.28. The summed E-state index contributed by atoms with van der Waals surface area (Å²) in [5.41, 5.74) is 4.88. The summed E-state index contributed by atoms with van der Waals surface area (Å²) in [7, 11) is 0. The summed E-state index contributed by atoms with van der Waals surface area (Å²) in [4.78, 5) is 0. The summed E-state index contributed by atoms with van der Waals surface area (Å²) in [6.07, 6.45) is 0.462. The monoisotopic (exact) mass is 241 g/mol. The van der Waals surface area contributed by atoms with Crippen LogP contribution in [0.1, 0.15) is 25.8 Å². The Labute approximate surface area is 100 Å². The lowest BCUT2D eigenvalue weighted by molar-refractivity contribution is -0.0578. The van der Waals surface area contributed by atoms with E-state index in [1.807, 2.05) is 13.8 Å². The summed E-state index contributed by atoms with van der Waals surface area (Å²) in [6, 6.07) is 5.25. The number of hydrogen-bond acceptors (Lipinski definition) is 3. The Hall–Kier alpha value is -0.770. The van der Waals surface area contributed by atoms with Crippen LogP contribution < -0.4 is 10.5 Å². The molecule has 0 fully saturated rings. The number of halogens is 1. The number of benzene rings is 1. The molecule has 4 heteroatoms. The lowest BCUT2D eigenvalue weighted by Gasteiger charge is -2.42. The van der Waals surface area contributed by atoms with E-state index in [2.05, 4.69) is 0 Å². The molecule has 0 aliphatic carbocycles. The van der Waals surface area contributed by atoms with Crippen molar-refractivity contribution in [2.45, 2.75) is 31.5 Å². The van der Waals surface area contributed by atoms with E-state index in [9.17, 15) is 5.11 Å². The highest BCUT2D eigenvalue weighted by Gasteiger charge is 2.43. The standard InChI is InChI=1S/C12H16ClNO2/c1-11(2)6-12(15,7-14)9-5-8(13)3-4-10(9)16-11/h3-5,15H,6-7,14H2,1-2H3. The number of hydrogen-bond donors (Lipinski definition) is 2. The summed E-state index contributed by atoms with van der Waals surface area (Å²) in [5, 5.41) is 11.1. The number of ether oxygens (including phenoxy) is 1. The van der Waals surface area contributed by atoms with Gasteiger partial charge >= 0.3 is 0 Å². The van der Waals surface area contributed by atoms with E-state index < -0.39 is 11.2 Å². The largest absolute Gasteiger partial charge is 0.487 e. The average molecular weight is 242 g/mol. The SMILES string of the molecule is CC1(C)CC(O)(CN)c2cc(Cl)ccc2O1. The second kappa shape index (κ2) is 3.62. The van der Waals surface area contributed by atoms with Crippen molar-refractivity contribution in [2.75, 3.05) is 6.54 Å². The maximum Gasteiger partial charge on any atom is 0.126 e. The van der Waals surface area contributed by atoms with Gasteiger partial charge < -0.3 is 15.6 Å². The number of fused-ring (bicyclic) bond motifs is 1. The van der Waals surface area contributed by atoms with Crippen LogP contribution in [0, 0.1) is 0 Å². The normalized spacial score (nSPS) is 27.1. The molecule has 3 nitrogen and oxygen atoms in total. The molecule has 0 saturated carbocycles. The highest BCUT2D eigenvalue weighted by molar-refractivity contribution is 6.30. The topological polar surface area (TPSA) is 55.5 Å².